The van der Waals surface area contributed by atoms with Crippen molar-refractivity contribution >= 4 is 34.7 Å². The van der Waals surface area contributed by atoms with E-state index in [9.17, 15) is 9.59 Å². The first-order valence-corrected chi connectivity index (χ1v) is 20.4. The van der Waals surface area contributed by atoms with Gasteiger partial charge in [0.1, 0.15) is 37.9 Å². The predicted octanol–water partition coefficient (Wildman–Crippen LogP) is 10.2. The van der Waals surface area contributed by atoms with Crippen molar-refractivity contribution in [3.05, 3.63) is 202 Å². The molecule has 2 aliphatic heterocycles. The van der Waals surface area contributed by atoms with Gasteiger partial charge < -0.3 is 18.9 Å². The zero-order valence-corrected chi connectivity index (χ0v) is 34.2. The van der Waals surface area contributed by atoms with Crippen molar-refractivity contribution in [1.29, 1.82) is 0 Å². The number of nitrogens with zero attached hydrogens (tertiary/aromatic N) is 2. The molecule has 2 heterocycles. The molecule has 0 radical (unpaired) electrons. The number of hydrogen-bond donors (Lipinski definition) is 0. The van der Waals surface area contributed by atoms with Gasteiger partial charge in [0, 0.05) is 25.0 Å². The first-order chi connectivity index (χ1) is 29.7. The highest BCUT2D eigenvalue weighted by Crippen LogP contribution is 2.57. The maximum absolute atomic E-state index is 11.4. The Morgan fingerprint density at radius 2 is 0.984 bits per heavy atom. The van der Waals surface area contributed by atoms with Gasteiger partial charge in [-0.2, -0.15) is 0 Å². The zero-order valence-electron chi connectivity index (χ0n) is 34.2. The lowest BCUT2D eigenvalue weighted by atomic mass is 9.66. The number of hydrogen-bond acceptors (Lipinski definition) is 8. The molecule has 302 valence electrons. The lowest BCUT2D eigenvalue weighted by Crippen LogP contribution is -2.29. The molecule has 6 aromatic rings. The summed E-state index contributed by atoms with van der Waals surface area (Å²) in [4.78, 5) is 32.9. The van der Waals surface area contributed by atoms with E-state index in [4.69, 9.17) is 28.9 Å². The van der Waals surface area contributed by atoms with Crippen LogP contribution in [0.25, 0.3) is 11.1 Å². The number of aryl methyl sites for hydroxylation is 2. The second kappa shape index (κ2) is 16.4. The number of carbonyl (C=O) groups is 2. The number of rotatable bonds is 14. The molecule has 0 unspecified atom stereocenters. The number of carbonyl (C=O) groups excluding carboxylic acids is 2. The Bertz CT molecular complexity index is 2610. The average Bonchev–Trinajstić information content (AvgIpc) is 3.99. The summed E-state index contributed by atoms with van der Waals surface area (Å²) >= 11 is 0. The van der Waals surface area contributed by atoms with E-state index < -0.39 is 17.4 Å². The second-order valence-electron chi connectivity index (χ2n) is 15.5. The Kier molecular flexibility index (Phi) is 10.5. The lowest BCUT2D eigenvalue weighted by Gasteiger charge is -2.35. The third-order valence-corrected chi connectivity index (χ3v) is 11.6. The number of ether oxygens (including phenoxy) is 4. The monoisotopic (exact) mass is 804 g/mol. The molecule has 6 aromatic carbocycles. The fourth-order valence-electron chi connectivity index (χ4n) is 8.75. The molecule has 8 heteroatoms. The molecule has 8 nitrogen and oxygen atoms in total. The quantitative estimate of drug-likeness (QED) is 0.0617. The minimum atomic E-state index is -0.587. The average molecular weight is 805 g/mol. The van der Waals surface area contributed by atoms with Crippen molar-refractivity contribution in [2.75, 3.05) is 26.4 Å². The van der Waals surface area contributed by atoms with Crippen molar-refractivity contribution in [2.45, 2.75) is 32.1 Å². The second-order valence-corrected chi connectivity index (χ2v) is 15.5. The molecule has 0 N–H and O–H groups in total. The Hall–Kier alpha value is -7.32. The summed E-state index contributed by atoms with van der Waals surface area (Å²) in [5, 5.41) is 0. The van der Waals surface area contributed by atoms with Crippen LogP contribution in [-0.4, -0.2) is 49.8 Å². The van der Waals surface area contributed by atoms with Gasteiger partial charge in [0.05, 0.1) is 28.2 Å². The van der Waals surface area contributed by atoms with Crippen molar-refractivity contribution < 1.29 is 28.5 Å². The van der Waals surface area contributed by atoms with Crippen LogP contribution in [0.3, 0.4) is 0 Å². The van der Waals surface area contributed by atoms with Gasteiger partial charge in [-0.05, 0) is 130 Å². The van der Waals surface area contributed by atoms with Gasteiger partial charge in [-0.25, -0.2) is 9.59 Å². The summed E-state index contributed by atoms with van der Waals surface area (Å²) in [7, 11) is 0. The molecule has 61 heavy (non-hydrogen) atoms. The highest BCUT2D eigenvalue weighted by molar-refractivity contribution is 6.07. The molecule has 0 saturated heterocycles. The fraction of sp³-hybridized carbons (Fsp3) is 0.170. The van der Waals surface area contributed by atoms with E-state index in [0.29, 0.717) is 24.3 Å². The number of fused-ring (bicyclic) bond motifs is 5. The highest BCUT2D eigenvalue weighted by atomic mass is 16.6. The van der Waals surface area contributed by atoms with Gasteiger partial charge in [0.2, 0.25) is 0 Å². The first kappa shape index (κ1) is 39.2. The van der Waals surface area contributed by atoms with Gasteiger partial charge >= 0.3 is 11.9 Å². The van der Waals surface area contributed by atoms with Crippen LogP contribution in [0.15, 0.2) is 157 Å². The normalized spacial score (nSPS) is 13.8. The third kappa shape index (κ3) is 7.46. The molecule has 0 bridgehead atoms. The van der Waals surface area contributed by atoms with Crippen LogP contribution < -0.4 is 9.47 Å². The topological polar surface area (TPSA) is 95.8 Å². The van der Waals surface area contributed by atoms with Crippen LogP contribution >= 0.6 is 0 Å². The van der Waals surface area contributed by atoms with Crippen LogP contribution in [0.5, 0.6) is 11.5 Å². The van der Waals surface area contributed by atoms with Crippen LogP contribution in [0, 0.1) is 13.8 Å². The standard InChI is InChI=1S/C53H44N2O6/c1-5-51(56)60-25-23-58-41-15-9-35(10-16-41)49-31-37-29-39(13-21-47(37)54-49)53(45-27-33(3)7-19-43(45)44-20-8-34(4)28-46(44)53)40-14-22-48-38(30-40)32-50(55-48)36-11-17-42(18-12-36)59-24-26-61-52(57)6-2/h5-22,27-30H,1-2,23-26,31-32H2,3-4H3. The number of benzene rings is 6. The van der Waals surface area contributed by atoms with E-state index in [0.717, 1.165) is 46.1 Å². The molecule has 0 spiro atoms. The number of esters is 2. The van der Waals surface area contributed by atoms with Gasteiger partial charge in [-0.15, -0.1) is 0 Å². The SMILES string of the molecule is C=CC(=O)OCCOc1ccc(C2=Nc3ccc(C4(c5ccc6c(c5)CC(c5ccc(OCCOC(=O)C=C)cc5)=N6)c5cc(C)ccc5-c5ccc(C)cc54)cc3C2)cc1. The van der Waals surface area contributed by atoms with Crippen molar-refractivity contribution in [3.63, 3.8) is 0 Å². The number of aliphatic imine (C=N–C) groups is 2. The lowest BCUT2D eigenvalue weighted by molar-refractivity contribution is -0.139. The molecular formula is C53H44N2O6. The highest BCUT2D eigenvalue weighted by Gasteiger charge is 2.47. The smallest absolute Gasteiger partial charge is 0.330 e. The Morgan fingerprint density at radius 3 is 1.39 bits per heavy atom. The summed E-state index contributed by atoms with van der Waals surface area (Å²) in [6, 6.07) is 43.2. The van der Waals surface area contributed by atoms with Crippen molar-refractivity contribution in [3.8, 4) is 22.6 Å². The van der Waals surface area contributed by atoms with Gasteiger partial charge in [0.15, 0.2) is 0 Å². The van der Waals surface area contributed by atoms with Crippen molar-refractivity contribution in [2.24, 2.45) is 9.98 Å². The van der Waals surface area contributed by atoms with Crippen molar-refractivity contribution in [1.82, 2.24) is 0 Å². The van der Waals surface area contributed by atoms with E-state index in [2.05, 4.69) is 99.8 Å². The van der Waals surface area contributed by atoms with Crippen LogP contribution in [0.4, 0.5) is 11.4 Å². The maximum Gasteiger partial charge on any atom is 0.330 e. The maximum atomic E-state index is 11.4. The van der Waals surface area contributed by atoms with E-state index in [1.54, 1.807) is 0 Å². The molecule has 0 saturated carbocycles. The summed E-state index contributed by atoms with van der Waals surface area (Å²) in [6.07, 6.45) is 3.68. The summed E-state index contributed by atoms with van der Waals surface area (Å²) in [6.45, 7) is 12.0. The first-order valence-electron chi connectivity index (χ1n) is 20.4. The molecule has 9 rings (SSSR count). The van der Waals surface area contributed by atoms with Gasteiger partial charge in [-0.1, -0.05) is 84.9 Å². The van der Waals surface area contributed by atoms with Gasteiger partial charge in [0.25, 0.3) is 0 Å². The largest absolute Gasteiger partial charge is 0.490 e. The molecule has 0 aromatic heterocycles. The van der Waals surface area contributed by atoms with E-state index in [1.807, 2.05) is 48.5 Å². The summed E-state index contributed by atoms with van der Waals surface area (Å²) < 4.78 is 21.6. The molecule has 0 atom stereocenters. The zero-order chi connectivity index (χ0) is 42.1. The molecular weight excluding hydrogens is 761 g/mol. The minimum absolute atomic E-state index is 0.151. The van der Waals surface area contributed by atoms with E-state index >= 15 is 0 Å². The fourth-order valence-corrected chi connectivity index (χ4v) is 8.75. The molecule has 0 fully saturated rings. The Balaban J connectivity index is 1.02. The Labute approximate surface area is 355 Å². The summed E-state index contributed by atoms with van der Waals surface area (Å²) in [5.74, 6) is 0.453. The molecule has 3 aliphatic rings. The van der Waals surface area contributed by atoms with E-state index in [-0.39, 0.29) is 26.4 Å². The van der Waals surface area contributed by atoms with Gasteiger partial charge in [-0.3, -0.25) is 9.98 Å². The molecule has 0 amide bonds. The predicted molar refractivity (Wildman–Crippen MR) is 239 cm³/mol. The van der Waals surface area contributed by atoms with E-state index in [1.165, 1.54) is 55.6 Å². The third-order valence-electron chi connectivity index (χ3n) is 11.6. The Morgan fingerprint density at radius 1 is 0.557 bits per heavy atom. The van der Waals surface area contributed by atoms with Crippen LogP contribution in [-0.2, 0) is 37.3 Å². The van der Waals surface area contributed by atoms with Crippen LogP contribution in [0.2, 0.25) is 0 Å². The minimum Gasteiger partial charge on any atom is -0.490 e. The molecule has 1 aliphatic carbocycles. The summed E-state index contributed by atoms with van der Waals surface area (Å²) in [5.41, 5.74) is 17.7. The van der Waals surface area contributed by atoms with Crippen LogP contribution in [0.1, 0.15) is 55.6 Å².